The summed E-state index contributed by atoms with van der Waals surface area (Å²) >= 11 is 1.74. The Morgan fingerprint density at radius 1 is 1.31 bits per heavy atom. The van der Waals surface area contributed by atoms with Crippen LogP contribution < -0.4 is 11.1 Å². The van der Waals surface area contributed by atoms with Crippen LogP contribution in [0.4, 0.5) is 5.69 Å². The van der Waals surface area contributed by atoms with Crippen molar-refractivity contribution in [1.82, 2.24) is 0 Å². The Labute approximate surface area is 83.1 Å². The fourth-order valence-electron chi connectivity index (χ4n) is 1.85. The highest BCUT2D eigenvalue weighted by Crippen LogP contribution is 2.22. The van der Waals surface area contributed by atoms with Gasteiger partial charge in [-0.3, -0.25) is 0 Å². The van der Waals surface area contributed by atoms with E-state index in [9.17, 15) is 0 Å². The van der Waals surface area contributed by atoms with Gasteiger partial charge in [0.15, 0.2) is 0 Å². The average molecular weight is 196 g/mol. The zero-order valence-corrected chi connectivity index (χ0v) is 8.52. The van der Waals surface area contributed by atoms with Gasteiger partial charge in [0.05, 0.1) is 0 Å². The zero-order chi connectivity index (χ0) is 9.10. The van der Waals surface area contributed by atoms with E-state index in [0.29, 0.717) is 12.1 Å². The second kappa shape index (κ2) is 4.11. The summed E-state index contributed by atoms with van der Waals surface area (Å²) in [6.07, 6.45) is 4.78. The standard InChI is InChI=1S/C10H16N2S/c11-8-1-3-9(4-2-8)12-10-5-6-13-7-10/h5-9,12H,1-4,11H2. The summed E-state index contributed by atoms with van der Waals surface area (Å²) < 4.78 is 0. The third kappa shape index (κ3) is 2.45. The van der Waals surface area contributed by atoms with Gasteiger partial charge in [-0.1, -0.05) is 0 Å². The lowest BCUT2D eigenvalue weighted by Crippen LogP contribution is -2.32. The molecular formula is C10H16N2S. The molecule has 1 aliphatic rings. The van der Waals surface area contributed by atoms with Gasteiger partial charge in [-0.2, -0.15) is 11.3 Å². The third-order valence-electron chi connectivity index (χ3n) is 2.66. The van der Waals surface area contributed by atoms with Crippen molar-refractivity contribution in [3.63, 3.8) is 0 Å². The smallest absolute Gasteiger partial charge is 0.0450 e. The summed E-state index contributed by atoms with van der Waals surface area (Å²) in [6.45, 7) is 0. The van der Waals surface area contributed by atoms with Crippen LogP contribution in [0.3, 0.4) is 0 Å². The van der Waals surface area contributed by atoms with E-state index in [1.54, 1.807) is 11.3 Å². The Morgan fingerprint density at radius 3 is 2.69 bits per heavy atom. The first-order valence-corrected chi connectivity index (χ1v) is 5.83. The predicted octanol–water partition coefficient (Wildman–Crippen LogP) is 2.43. The van der Waals surface area contributed by atoms with Crippen molar-refractivity contribution in [3.05, 3.63) is 16.8 Å². The van der Waals surface area contributed by atoms with Crippen molar-refractivity contribution >= 4 is 17.0 Å². The van der Waals surface area contributed by atoms with Crippen LogP contribution in [-0.4, -0.2) is 12.1 Å². The van der Waals surface area contributed by atoms with E-state index in [2.05, 4.69) is 22.1 Å². The summed E-state index contributed by atoms with van der Waals surface area (Å²) in [4.78, 5) is 0. The first-order chi connectivity index (χ1) is 6.34. The molecule has 0 atom stereocenters. The summed E-state index contributed by atoms with van der Waals surface area (Å²) in [5, 5.41) is 7.81. The molecule has 1 aromatic heterocycles. The second-order valence-corrected chi connectivity index (χ2v) is 4.55. The molecule has 1 heterocycles. The Kier molecular flexibility index (Phi) is 2.86. The summed E-state index contributed by atoms with van der Waals surface area (Å²) in [7, 11) is 0. The maximum absolute atomic E-state index is 5.84. The molecule has 0 bridgehead atoms. The van der Waals surface area contributed by atoms with E-state index in [0.717, 1.165) is 0 Å². The maximum atomic E-state index is 5.84. The van der Waals surface area contributed by atoms with Crippen molar-refractivity contribution in [3.8, 4) is 0 Å². The van der Waals surface area contributed by atoms with Gasteiger partial charge in [-0.25, -0.2) is 0 Å². The molecule has 72 valence electrons. The minimum Gasteiger partial charge on any atom is -0.382 e. The van der Waals surface area contributed by atoms with Gasteiger partial charge < -0.3 is 11.1 Å². The Bertz CT molecular complexity index is 237. The molecule has 2 nitrogen and oxygen atoms in total. The minimum absolute atomic E-state index is 0.445. The highest BCUT2D eigenvalue weighted by molar-refractivity contribution is 7.08. The van der Waals surface area contributed by atoms with Crippen LogP contribution in [0.5, 0.6) is 0 Å². The molecule has 1 saturated carbocycles. The number of hydrogen-bond donors (Lipinski definition) is 2. The minimum atomic E-state index is 0.445. The van der Waals surface area contributed by atoms with Crippen molar-refractivity contribution in [2.24, 2.45) is 5.73 Å². The molecule has 0 aromatic carbocycles. The average Bonchev–Trinajstić information content (AvgIpc) is 2.62. The van der Waals surface area contributed by atoms with E-state index in [1.165, 1.54) is 31.4 Å². The first kappa shape index (κ1) is 9.03. The molecule has 0 aliphatic heterocycles. The number of anilines is 1. The lowest BCUT2D eigenvalue weighted by atomic mass is 9.92. The van der Waals surface area contributed by atoms with E-state index < -0.39 is 0 Å². The molecule has 0 saturated heterocycles. The van der Waals surface area contributed by atoms with Crippen LogP contribution in [0.2, 0.25) is 0 Å². The number of hydrogen-bond acceptors (Lipinski definition) is 3. The van der Waals surface area contributed by atoms with E-state index >= 15 is 0 Å². The molecule has 1 aromatic rings. The molecule has 0 amide bonds. The Balaban J connectivity index is 1.83. The highest BCUT2D eigenvalue weighted by Gasteiger charge is 2.17. The quantitative estimate of drug-likeness (QED) is 0.762. The lowest BCUT2D eigenvalue weighted by Gasteiger charge is -2.27. The maximum Gasteiger partial charge on any atom is 0.0450 e. The molecule has 0 radical (unpaired) electrons. The fraction of sp³-hybridized carbons (Fsp3) is 0.600. The molecule has 13 heavy (non-hydrogen) atoms. The van der Waals surface area contributed by atoms with Gasteiger partial charge in [0.1, 0.15) is 0 Å². The summed E-state index contributed by atoms with van der Waals surface area (Å²) in [6, 6.07) is 3.23. The van der Waals surface area contributed by atoms with Crippen LogP contribution in [0.15, 0.2) is 16.8 Å². The van der Waals surface area contributed by atoms with E-state index in [-0.39, 0.29) is 0 Å². The SMILES string of the molecule is NC1CCC(Nc2ccsc2)CC1. The lowest BCUT2D eigenvalue weighted by molar-refractivity contribution is 0.411. The molecule has 3 N–H and O–H groups in total. The van der Waals surface area contributed by atoms with Crippen LogP contribution in [0, 0.1) is 0 Å². The van der Waals surface area contributed by atoms with Gasteiger partial charge in [0.25, 0.3) is 0 Å². The summed E-state index contributed by atoms with van der Waals surface area (Å²) in [5.41, 5.74) is 7.11. The monoisotopic (exact) mass is 196 g/mol. The number of nitrogens with one attached hydrogen (secondary N) is 1. The Morgan fingerprint density at radius 2 is 2.08 bits per heavy atom. The predicted molar refractivity (Wildman–Crippen MR) is 58.2 cm³/mol. The largest absolute Gasteiger partial charge is 0.382 e. The molecular weight excluding hydrogens is 180 g/mol. The first-order valence-electron chi connectivity index (χ1n) is 4.89. The van der Waals surface area contributed by atoms with Crippen molar-refractivity contribution < 1.29 is 0 Å². The van der Waals surface area contributed by atoms with Gasteiger partial charge in [-0.05, 0) is 37.1 Å². The number of nitrogens with two attached hydrogens (primary N) is 1. The van der Waals surface area contributed by atoms with Crippen molar-refractivity contribution in [2.45, 2.75) is 37.8 Å². The van der Waals surface area contributed by atoms with Gasteiger partial charge in [0.2, 0.25) is 0 Å². The topological polar surface area (TPSA) is 38.0 Å². The normalized spacial score (nSPS) is 28.7. The van der Waals surface area contributed by atoms with Gasteiger partial charge in [0, 0.05) is 23.2 Å². The zero-order valence-electron chi connectivity index (χ0n) is 7.70. The molecule has 0 spiro atoms. The second-order valence-electron chi connectivity index (χ2n) is 3.77. The van der Waals surface area contributed by atoms with Gasteiger partial charge in [-0.15, -0.1) is 0 Å². The van der Waals surface area contributed by atoms with Crippen LogP contribution in [0.25, 0.3) is 0 Å². The van der Waals surface area contributed by atoms with Gasteiger partial charge >= 0.3 is 0 Å². The highest BCUT2D eigenvalue weighted by atomic mass is 32.1. The third-order valence-corrected chi connectivity index (χ3v) is 3.35. The van der Waals surface area contributed by atoms with Crippen molar-refractivity contribution in [2.75, 3.05) is 5.32 Å². The van der Waals surface area contributed by atoms with Crippen LogP contribution >= 0.6 is 11.3 Å². The fourth-order valence-corrected chi connectivity index (χ4v) is 2.44. The molecule has 0 unspecified atom stereocenters. The van der Waals surface area contributed by atoms with Crippen LogP contribution in [-0.2, 0) is 0 Å². The Hall–Kier alpha value is -0.540. The summed E-state index contributed by atoms with van der Waals surface area (Å²) in [5.74, 6) is 0. The molecule has 1 aliphatic carbocycles. The van der Waals surface area contributed by atoms with Crippen LogP contribution in [0.1, 0.15) is 25.7 Å². The molecule has 3 heteroatoms. The van der Waals surface area contributed by atoms with E-state index in [1.807, 2.05) is 0 Å². The number of thiophene rings is 1. The number of rotatable bonds is 2. The molecule has 1 fully saturated rings. The molecule has 2 rings (SSSR count). The van der Waals surface area contributed by atoms with Crippen molar-refractivity contribution in [1.29, 1.82) is 0 Å². The van der Waals surface area contributed by atoms with E-state index in [4.69, 9.17) is 5.73 Å².